The number of aliphatic hydroxyl groups is 1. The number of rotatable bonds is 5. The minimum Gasteiger partial charge on any atom is -0.387 e. The number of aliphatic hydroxyl groups excluding tert-OH is 1. The molecule has 3 rings (SSSR count). The van der Waals surface area contributed by atoms with E-state index in [1.165, 1.54) is 47.4 Å². The van der Waals surface area contributed by atoms with E-state index in [4.69, 9.17) is 0 Å². The van der Waals surface area contributed by atoms with Gasteiger partial charge in [0, 0.05) is 12.7 Å². The van der Waals surface area contributed by atoms with Crippen molar-refractivity contribution in [2.24, 2.45) is 0 Å². The Morgan fingerprint density at radius 3 is 2.60 bits per heavy atom. The average molecular weight is 343 g/mol. The third-order valence-corrected chi connectivity index (χ3v) is 3.65. The van der Waals surface area contributed by atoms with Gasteiger partial charge < -0.3 is 10.4 Å². The van der Waals surface area contributed by atoms with Crippen LogP contribution in [0.2, 0.25) is 0 Å². The Bertz CT molecular complexity index is 878. The summed E-state index contributed by atoms with van der Waals surface area (Å²) in [5.74, 6) is -1.31. The first-order valence-electron chi connectivity index (χ1n) is 7.56. The van der Waals surface area contributed by atoms with Gasteiger partial charge in [0.1, 0.15) is 17.3 Å². The summed E-state index contributed by atoms with van der Waals surface area (Å²) in [5, 5.41) is 16.6. The normalized spacial score (nSPS) is 12.0. The first kappa shape index (κ1) is 16.8. The molecule has 0 aliphatic carbocycles. The maximum absolute atomic E-state index is 13.7. The van der Waals surface area contributed by atoms with E-state index in [1.54, 1.807) is 18.2 Å². The molecular formula is C18H15F2N3O2. The van der Waals surface area contributed by atoms with E-state index in [1.807, 2.05) is 0 Å². The summed E-state index contributed by atoms with van der Waals surface area (Å²) >= 11 is 0. The Kier molecular flexibility index (Phi) is 4.85. The van der Waals surface area contributed by atoms with Crippen LogP contribution in [0.25, 0.3) is 5.69 Å². The Labute approximate surface area is 142 Å². The van der Waals surface area contributed by atoms with Crippen LogP contribution >= 0.6 is 0 Å². The fourth-order valence-electron chi connectivity index (χ4n) is 2.30. The molecule has 1 atom stereocenters. The van der Waals surface area contributed by atoms with Crippen LogP contribution < -0.4 is 5.32 Å². The second-order valence-corrected chi connectivity index (χ2v) is 5.40. The number of hydrogen-bond donors (Lipinski definition) is 2. The zero-order chi connectivity index (χ0) is 17.8. The second-order valence-electron chi connectivity index (χ2n) is 5.40. The lowest BCUT2D eigenvalue weighted by Crippen LogP contribution is -2.28. The van der Waals surface area contributed by atoms with Crippen molar-refractivity contribution in [2.45, 2.75) is 6.10 Å². The summed E-state index contributed by atoms with van der Waals surface area (Å²) in [4.78, 5) is 12.1. The molecule has 0 saturated heterocycles. The molecule has 0 radical (unpaired) electrons. The third-order valence-electron chi connectivity index (χ3n) is 3.65. The van der Waals surface area contributed by atoms with Gasteiger partial charge in [-0.3, -0.25) is 4.79 Å². The topological polar surface area (TPSA) is 67.2 Å². The van der Waals surface area contributed by atoms with Crippen LogP contribution in [-0.4, -0.2) is 27.3 Å². The van der Waals surface area contributed by atoms with Gasteiger partial charge in [0.25, 0.3) is 5.91 Å². The lowest BCUT2D eigenvalue weighted by Gasteiger charge is -2.11. The third kappa shape index (κ3) is 3.89. The van der Waals surface area contributed by atoms with Crippen molar-refractivity contribution in [1.82, 2.24) is 15.1 Å². The van der Waals surface area contributed by atoms with Gasteiger partial charge in [-0.25, -0.2) is 13.5 Å². The highest BCUT2D eigenvalue weighted by Crippen LogP contribution is 2.14. The predicted molar refractivity (Wildman–Crippen MR) is 87.2 cm³/mol. The molecule has 25 heavy (non-hydrogen) atoms. The largest absolute Gasteiger partial charge is 0.387 e. The number of carbonyl (C=O) groups excluding carboxylic acids is 1. The molecule has 2 N–H and O–H groups in total. The lowest BCUT2D eigenvalue weighted by molar-refractivity contribution is 0.0916. The van der Waals surface area contributed by atoms with Crippen LogP contribution in [0.5, 0.6) is 0 Å². The van der Waals surface area contributed by atoms with Crippen molar-refractivity contribution >= 4 is 5.91 Å². The zero-order valence-electron chi connectivity index (χ0n) is 13.1. The summed E-state index contributed by atoms with van der Waals surface area (Å²) in [7, 11) is 0. The van der Waals surface area contributed by atoms with E-state index in [0.29, 0.717) is 5.56 Å². The van der Waals surface area contributed by atoms with Crippen LogP contribution in [0, 0.1) is 11.6 Å². The molecule has 0 saturated carbocycles. The zero-order valence-corrected chi connectivity index (χ0v) is 13.1. The number of amides is 1. The molecule has 1 aromatic heterocycles. The molecule has 1 heterocycles. The Morgan fingerprint density at radius 1 is 1.16 bits per heavy atom. The summed E-state index contributed by atoms with van der Waals surface area (Å²) in [6.07, 6.45) is 1.75. The molecule has 0 bridgehead atoms. The van der Waals surface area contributed by atoms with E-state index in [0.717, 1.165) is 0 Å². The van der Waals surface area contributed by atoms with Crippen molar-refractivity contribution in [1.29, 1.82) is 0 Å². The Balaban J connectivity index is 1.64. The Morgan fingerprint density at radius 2 is 1.88 bits per heavy atom. The molecular weight excluding hydrogens is 328 g/mol. The van der Waals surface area contributed by atoms with Gasteiger partial charge in [-0.05, 0) is 29.8 Å². The molecule has 0 aliphatic rings. The quantitative estimate of drug-likeness (QED) is 0.748. The van der Waals surface area contributed by atoms with E-state index >= 15 is 0 Å². The highest BCUT2D eigenvalue weighted by atomic mass is 19.1. The maximum Gasteiger partial charge on any atom is 0.254 e. The monoisotopic (exact) mass is 343 g/mol. The summed E-state index contributed by atoms with van der Waals surface area (Å²) < 4.78 is 27.9. The number of halogens is 2. The van der Waals surface area contributed by atoms with Crippen molar-refractivity contribution in [3.8, 4) is 5.69 Å². The van der Waals surface area contributed by atoms with E-state index in [2.05, 4.69) is 10.4 Å². The van der Waals surface area contributed by atoms with Gasteiger partial charge in [-0.15, -0.1) is 0 Å². The minimum absolute atomic E-state index is 0.0463. The molecule has 1 unspecified atom stereocenters. The number of carbonyl (C=O) groups is 1. The van der Waals surface area contributed by atoms with Gasteiger partial charge >= 0.3 is 0 Å². The number of hydrogen-bond acceptors (Lipinski definition) is 3. The van der Waals surface area contributed by atoms with Gasteiger partial charge in [-0.2, -0.15) is 5.10 Å². The van der Waals surface area contributed by atoms with Gasteiger partial charge in [0.15, 0.2) is 0 Å². The van der Waals surface area contributed by atoms with Crippen LogP contribution in [-0.2, 0) is 0 Å². The molecule has 0 spiro atoms. The number of aromatic nitrogens is 2. The standard InChI is InChI=1S/C18H15F2N3O2/c19-14-7-5-12(6-8-14)17(24)10-21-18(25)13-9-22-23(11-13)16-4-2-1-3-15(16)20/h1-9,11,17,24H,10H2,(H,21,25). The van der Waals surface area contributed by atoms with Crippen molar-refractivity contribution < 1.29 is 18.7 Å². The molecule has 7 heteroatoms. The fraction of sp³-hybridized carbons (Fsp3) is 0.111. The van der Waals surface area contributed by atoms with Crippen LogP contribution in [0.3, 0.4) is 0 Å². The van der Waals surface area contributed by atoms with Crippen molar-refractivity contribution in [3.63, 3.8) is 0 Å². The molecule has 3 aromatic rings. The molecule has 1 amide bonds. The molecule has 0 fully saturated rings. The minimum atomic E-state index is -0.967. The number of nitrogens with zero attached hydrogens (tertiary/aromatic N) is 2. The van der Waals surface area contributed by atoms with Crippen LogP contribution in [0.15, 0.2) is 60.9 Å². The lowest BCUT2D eigenvalue weighted by atomic mass is 10.1. The summed E-state index contributed by atoms with van der Waals surface area (Å²) in [6.45, 7) is -0.0463. The molecule has 2 aromatic carbocycles. The first-order chi connectivity index (χ1) is 12.0. The van der Waals surface area contributed by atoms with E-state index in [-0.39, 0.29) is 17.8 Å². The smallest absolute Gasteiger partial charge is 0.254 e. The number of nitrogens with one attached hydrogen (secondary N) is 1. The van der Waals surface area contributed by atoms with Gasteiger partial charge in [0.05, 0.1) is 17.9 Å². The summed E-state index contributed by atoms with van der Waals surface area (Å²) in [5.41, 5.74) is 0.950. The van der Waals surface area contributed by atoms with Crippen LogP contribution in [0.4, 0.5) is 8.78 Å². The van der Waals surface area contributed by atoms with E-state index in [9.17, 15) is 18.7 Å². The second kappa shape index (κ2) is 7.23. The van der Waals surface area contributed by atoms with Gasteiger partial charge in [0.2, 0.25) is 0 Å². The van der Waals surface area contributed by atoms with Gasteiger partial charge in [-0.1, -0.05) is 24.3 Å². The van der Waals surface area contributed by atoms with Crippen molar-refractivity contribution in [3.05, 3.63) is 83.7 Å². The Hall–Kier alpha value is -3.06. The molecule has 5 nitrogen and oxygen atoms in total. The summed E-state index contributed by atoms with van der Waals surface area (Å²) in [6, 6.07) is 11.4. The number of para-hydroxylation sites is 1. The molecule has 128 valence electrons. The van der Waals surface area contributed by atoms with Crippen molar-refractivity contribution in [2.75, 3.05) is 6.54 Å². The van der Waals surface area contributed by atoms with E-state index < -0.39 is 23.6 Å². The number of benzene rings is 2. The van der Waals surface area contributed by atoms with Crippen LogP contribution in [0.1, 0.15) is 22.0 Å². The highest BCUT2D eigenvalue weighted by Gasteiger charge is 2.14. The molecule has 0 aliphatic heterocycles. The highest BCUT2D eigenvalue weighted by molar-refractivity contribution is 5.93. The SMILES string of the molecule is O=C(NCC(O)c1ccc(F)cc1)c1cnn(-c2ccccc2F)c1. The average Bonchev–Trinajstić information content (AvgIpc) is 3.10. The predicted octanol–water partition coefficient (Wildman–Crippen LogP) is 2.61. The maximum atomic E-state index is 13.7. The first-order valence-corrected chi connectivity index (χ1v) is 7.56. The fourth-order valence-corrected chi connectivity index (χ4v) is 2.30.